The molecule has 3 aromatic heterocycles. The van der Waals surface area contributed by atoms with Crippen LogP contribution in [0.3, 0.4) is 0 Å². The van der Waals surface area contributed by atoms with E-state index in [9.17, 15) is 13.2 Å². The lowest BCUT2D eigenvalue weighted by Crippen LogP contribution is -2.23. The highest BCUT2D eigenvalue weighted by Crippen LogP contribution is 2.38. The molecule has 2 aliphatic rings. The van der Waals surface area contributed by atoms with Gasteiger partial charge < -0.3 is 9.64 Å². The molecule has 0 aromatic carbocycles. The van der Waals surface area contributed by atoms with Crippen molar-refractivity contribution in [1.29, 1.82) is 0 Å². The Morgan fingerprint density at radius 2 is 1.93 bits per heavy atom. The third-order valence-electron chi connectivity index (χ3n) is 5.36. The van der Waals surface area contributed by atoms with E-state index in [1.54, 1.807) is 10.6 Å². The summed E-state index contributed by atoms with van der Waals surface area (Å²) in [6.45, 7) is 1.90. The fourth-order valence-corrected chi connectivity index (χ4v) is 3.58. The van der Waals surface area contributed by atoms with Crippen molar-refractivity contribution in [1.82, 2.24) is 24.8 Å². The van der Waals surface area contributed by atoms with Crippen LogP contribution in [0.15, 0.2) is 30.5 Å². The van der Waals surface area contributed by atoms with Gasteiger partial charge in [-0.2, -0.15) is 17.7 Å². The number of hydrogen-bond donors (Lipinski definition) is 0. The summed E-state index contributed by atoms with van der Waals surface area (Å²) < 4.78 is 45.7. The Hall–Kier alpha value is -2.91. The Morgan fingerprint density at radius 3 is 2.66 bits per heavy atom. The zero-order chi connectivity index (χ0) is 20.0. The van der Waals surface area contributed by atoms with Crippen molar-refractivity contribution < 1.29 is 17.9 Å². The second-order valence-electron chi connectivity index (χ2n) is 7.59. The Labute approximate surface area is 164 Å². The first-order valence-corrected chi connectivity index (χ1v) is 9.61. The maximum atomic E-state index is 12.7. The molecule has 5 rings (SSSR count). The summed E-state index contributed by atoms with van der Waals surface area (Å²) >= 11 is 0. The molecular formula is C19H19F3N6O. The van der Waals surface area contributed by atoms with Crippen molar-refractivity contribution in [3.05, 3.63) is 41.9 Å². The Morgan fingerprint density at radius 1 is 1.07 bits per heavy atom. The topological polar surface area (TPSA) is 68.4 Å². The fourth-order valence-electron chi connectivity index (χ4n) is 3.58. The van der Waals surface area contributed by atoms with Crippen LogP contribution in [0.2, 0.25) is 0 Å². The molecule has 4 heterocycles. The summed E-state index contributed by atoms with van der Waals surface area (Å²) in [5.74, 6) is 2.64. The number of ether oxygens (including phenoxy) is 1. The van der Waals surface area contributed by atoms with Crippen LogP contribution in [0.25, 0.3) is 5.65 Å². The van der Waals surface area contributed by atoms with Crippen molar-refractivity contribution in [3.63, 3.8) is 0 Å². The van der Waals surface area contributed by atoms with Gasteiger partial charge in [0, 0.05) is 37.2 Å². The van der Waals surface area contributed by atoms with Crippen molar-refractivity contribution >= 4 is 11.5 Å². The van der Waals surface area contributed by atoms with Gasteiger partial charge >= 0.3 is 6.18 Å². The number of anilines is 1. The van der Waals surface area contributed by atoms with Crippen molar-refractivity contribution in [2.24, 2.45) is 5.92 Å². The fraction of sp³-hybridized carbons (Fsp3) is 0.474. The van der Waals surface area contributed by atoms with E-state index >= 15 is 0 Å². The molecule has 7 nitrogen and oxygen atoms in total. The quantitative estimate of drug-likeness (QED) is 0.650. The van der Waals surface area contributed by atoms with Crippen LogP contribution in [0.4, 0.5) is 19.0 Å². The first-order valence-electron chi connectivity index (χ1n) is 9.61. The van der Waals surface area contributed by atoms with Gasteiger partial charge in [-0.25, -0.2) is 4.98 Å². The zero-order valence-electron chi connectivity index (χ0n) is 15.5. The lowest BCUT2D eigenvalue weighted by Gasteiger charge is -2.18. The molecule has 3 aromatic rings. The zero-order valence-corrected chi connectivity index (χ0v) is 15.5. The lowest BCUT2D eigenvalue weighted by atomic mass is 10.1. The molecule has 1 atom stereocenters. The number of fused-ring (bicyclic) bond motifs is 1. The highest BCUT2D eigenvalue weighted by Gasteiger charge is 2.32. The van der Waals surface area contributed by atoms with Crippen molar-refractivity contribution in [3.8, 4) is 5.88 Å². The summed E-state index contributed by atoms with van der Waals surface area (Å²) in [4.78, 5) is 5.96. The maximum absolute atomic E-state index is 12.7. The normalized spacial score (nSPS) is 19.8. The molecule has 1 aliphatic heterocycles. The second kappa shape index (κ2) is 6.85. The van der Waals surface area contributed by atoms with E-state index in [-0.39, 0.29) is 5.92 Å². The van der Waals surface area contributed by atoms with Crippen LogP contribution in [0.1, 0.15) is 36.6 Å². The monoisotopic (exact) mass is 404 g/mol. The largest absolute Gasteiger partial charge is 0.476 e. The van der Waals surface area contributed by atoms with Gasteiger partial charge in [0.2, 0.25) is 5.88 Å². The average molecular weight is 404 g/mol. The van der Waals surface area contributed by atoms with Gasteiger partial charge in [-0.1, -0.05) is 0 Å². The number of nitrogens with zero attached hydrogens (tertiary/aromatic N) is 6. The summed E-state index contributed by atoms with van der Waals surface area (Å²) in [5.41, 5.74) is -0.0268. The molecule has 2 fully saturated rings. The molecule has 1 saturated heterocycles. The van der Waals surface area contributed by atoms with E-state index in [1.807, 2.05) is 11.0 Å². The summed E-state index contributed by atoms with van der Waals surface area (Å²) in [7, 11) is 0. The molecule has 0 radical (unpaired) electrons. The molecule has 0 N–H and O–H groups in total. The molecule has 152 valence electrons. The Kier molecular flexibility index (Phi) is 4.29. The van der Waals surface area contributed by atoms with Gasteiger partial charge in [0.15, 0.2) is 11.5 Å². The smallest absolute Gasteiger partial charge is 0.417 e. The van der Waals surface area contributed by atoms with Gasteiger partial charge in [0.1, 0.15) is 5.82 Å². The third-order valence-corrected chi connectivity index (χ3v) is 5.36. The SMILES string of the molecule is FC(F)(F)c1ccc(N2CCC(COc3ccc4nnc(C5CC5)n4n3)C2)nc1. The van der Waals surface area contributed by atoms with Crippen LogP contribution in [-0.4, -0.2) is 44.5 Å². The maximum Gasteiger partial charge on any atom is 0.417 e. The van der Waals surface area contributed by atoms with E-state index in [0.717, 1.165) is 43.9 Å². The van der Waals surface area contributed by atoms with Gasteiger partial charge in [-0.3, -0.25) is 0 Å². The number of aromatic nitrogens is 5. The highest BCUT2D eigenvalue weighted by molar-refractivity contribution is 5.41. The number of rotatable bonds is 5. The van der Waals surface area contributed by atoms with E-state index in [4.69, 9.17) is 4.74 Å². The van der Waals surface area contributed by atoms with E-state index in [0.29, 0.717) is 36.4 Å². The van der Waals surface area contributed by atoms with Crippen LogP contribution >= 0.6 is 0 Å². The molecule has 0 bridgehead atoms. The summed E-state index contributed by atoms with van der Waals surface area (Å²) in [6.07, 6.45) is -0.377. The number of alkyl halides is 3. The minimum absolute atomic E-state index is 0.250. The first-order chi connectivity index (χ1) is 14.0. The minimum atomic E-state index is -4.37. The average Bonchev–Trinajstić information content (AvgIpc) is 3.29. The van der Waals surface area contributed by atoms with Gasteiger partial charge in [-0.05, 0) is 37.5 Å². The molecule has 10 heteroatoms. The lowest BCUT2D eigenvalue weighted by molar-refractivity contribution is -0.137. The standard InChI is InChI=1S/C19H19F3N6O/c20-19(21,22)14-3-4-15(23-9-14)27-8-7-12(10-27)11-29-17-6-5-16-24-25-18(13-1-2-13)28(16)26-17/h3-6,9,12-13H,1-2,7-8,10-11H2. The van der Waals surface area contributed by atoms with Crippen molar-refractivity contribution in [2.45, 2.75) is 31.4 Å². The molecule has 29 heavy (non-hydrogen) atoms. The van der Waals surface area contributed by atoms with Gasteiger partial charge in [-0.15, -0.1) is 15.3 Å². The Bertz CT molecular complexity index is 1010. The van der Waals surface area contributed by atoms with Gasteiger partial charge in [0.05, 0.1) is 12.2 Å². The van der Waals surface area contributed by atoms with Crippen LogP contribution in [0.5, 0.6) is 5.88 Å². The van der Waals surface area contributed by atoms with Gasteiger partial charge in [0.25, 0.3) is 0 Å². The molecule has 1 saturated carbocycles. The minimum Gasteiger partial charge on any atom is -0.476 e. The molecule has 0 spiro atoms. The molecule has 1 aliphatic carbocycles. The number of halogens is 3. The van der Waals surface area contributed by atoms with E-state index < -0.39 is 11.7 Å². The summed E-state index contributed by atoms with van der Waals surface area (Å²) in [6, 6.07) is 6.12. The Balaban J connectivity index is 1.20. The molecule has 0 amide bonds. The summed E-state index contributed by atoms with van der Waals surface area (Å²) in [5, 5.41) is 12.9. The second-order valence-corrected chi connectivity index (χ2v) is 7.59. The molecule has 1 unspecified atom stereocenters. The predicted molar refractivity (Wildman–Crippen MR) is 97.8 cm³/mol. The number of pyridine rings is 1. The predicted octanol–water partition coefficient (Wildman–Crippen LogP) is 3.32. The first kappa shape index (κ1) is 18.1. The third kappa shape index (κ3) is 3.70. The van der Waals surface area contributed by atoms with Crippen LogP contribution < -0.4 is 9.64 Å². The van der Waals surface area contributed by atoms with E-state index in [2.05, 4.69) is 20.3 Å². The van der Waals surface area contributed by atoms with Crippen LogP contribution in [-0.2, 0) is 6.18 Å². The van der Waals surface area contributed by atoms with E-state index in [1.165, 1.54) is 6.07 Å². The van der Waals surface area contributed by atoms with Crippen molar-refractivity contribution in [2.75, 3.05) is 24.6 Å². The molecular weight excluding hydrogens is 385 g/mol. The van der Waals surface area contributed by atoms with Crippen LogP contribution in [0, 0.1) is 5.92 Å². The number of hydrogen-bond acceptors (Lipinski definition) is 6. The highest BCUT2D eigenvalue weighted by atomic mass is 19.4.